The number of esters is 2. The van der Waals surface area contributed by atoms with Crippen molar-refractivity contribution in [2.75, 3.05) is 0 Å². The molecule has 1 aliphatic rings. The molecule has 0 N–H and O–H groups in total. The van der Waals surface area contributed by atoms with Crippen LogP contribution in [0, 0.1) is 11.3 Å². The normalized spacial score (nSPS) is 23.1. The molecule has 0 heterocycles. The van der Waals surface area contributed by atoms with Crippen molar-refractivity contribution in [3.63, 3.8) is 0 Å². The van der Waals surface area contributed by atoms with Crippen molar-refractivity contribution >= 4 is 22.7 Å². The van der Waals surface area contributed by atoms with Crippen LogP contribution in [-0.4, -0.2) is 32.6 Å². The van der Waals surface area contributed by atoms with Gasteiger partial charge in [0.25, 0.3) is 0 Å². The third-order valence-corrected chi connectivity index (χ3v) is 6.60. The van der Waals surface area contributed by atoms with E-state index < -0.39 is 39.4 Å². The van der Waals surface area contributed by atoms with E-state index >= 15 is 0 Å². The minimum Gasteiger partial charge on any atom is -0.459 e. The minimum absolute atomic E-state index is 0.0962. The Hall–Kier alpha value is -1.69. The van der Waals surface area contributed by atoms with Crippen LogP contribution in [-0.2, 0) is 29.9 Å². The van der Waals surface area contributed by atoms with Gasteiger partial charge in [-0.3, -0.25) is 13.8 Å². The molecule has 2 rings (SSSR count). The predicted molar refractivity (Wildman–Crippen MR) is 109 cm³/mol. The fourth-order valence-corrected chi connectivity index (χ4v) is 5.22. The van der Waals surface area contributed by atoms with Crippen LogP contribution in [0.2, 0.25) is 0 Å². The lowest BCUT2D eigenvalue weighted by Crippen LogP contribution is -2.45. The first kappa shape index (κ1) is 22.6. The molecular formula is C22H32O5S. The second kappa shape index (κ2) is 7.97. The molecule has 0 amide bonds. The van der Waals surface area contributed by atoms with Crippen LogP contribution in [0.25, 0.3) is 0 Å². The highest BCUT2D eigenvalue weighted by Crippen LogP contribution is 2.48. The first-order valence-corrected chi connectivity index (χ1v) is 10.9. The Morgan fingerprint density at radius 3 is 1.82 bits per heavy atom. The molecule has 0 aromatic heterocycles. The van der Waals surface area contributed by atoms with Crippen LogP contribution in [0.5, 0.6) is 0 Å². The third kappa shape index (κ3) is 5.22. The van der Waals surface area contributed by atoms with E-state index in [1.807, 2.05) is 37.3 Å². The van der Waals surface area contributed by atoms with Gasteiger partial charge in [0.1, 0.15) is 11.2 Å². The van der Waals surface area contributed by atoms with E-state index in [1.165, 1.54) is 0 Å². The van der Waals surface area contributed by atoms with Gasteiger partial charge in [0.2, 0.25) is 0 Å². The van der Waals surface area contributed by atoms with Gasteiger partial charge in [-0.25, -0.2) is 0 Å². The number of ether oxygens (including phenoxy) is 2. The highest BCUT2D eigenvalue weighted by Gasteiger charge is 2.59. The molecule has 0 radical (unpaired) electrons. The van der Waals surface area contributed by atoms with Gasteiger partial charge in [-0.15, -0.1) is 0 Å². The number of hydrogen-bond donors (Lipinski definition) is 0. The van der Waals surface area contributed by atoms with Crippen molar-refractivity contribution in [2.24, 2.45) is 11.3 Å². The molecule has 6 heteroatoms. The molecule has 1 unspecified atom stereocenters. The summed E-state index contributed by atoms with van der Waals surface area (Å²) in [6, 6.07) is 9.15. The van der Waals surface area contributed by atoms with Crippen molar-refractivity contribution in [2.45, 2.75) is 82.7 Å². The van der Waals surface area contributed by atoms with Crippen LogP contribution in [0.4, 0.5) is 0 Å². The molecule has 0 bridgehead atoms. The number of hydrogen-bond acceptors (Lipinski definition) is 5. The van der Waals surface area contributed by atoms with Crippen LogP contribution in [0.15, 0.2) is 35.2 Å². The molecule has 1 aromatic rings. The molecule has 0 saturated heterocycles. The minimum atomic E-state index is -1.44. The van der Waals surface area contributed by atoms with Crippen LogP contribution >= 0.6 is 0 Å². The van der Waals surface area contributed by atoms with E-state index in [0.29, 0.717) is 4.90 Å². The molecule has 0 spiro atoms. The Bertz CT molecular complexity index is 714. The van der Waals surface area contributed by atoms with Crippen molar-refractivity contribution in [3.05, 3.63) is 30.3 Å². The van der Waals surface area contributed by atoms with Gasteiger partial charge in [-0.05, 0) is 72.4 Å². The van der Waals surface area contributed by atoms with E-state index in [0.717, 1.165) is 0 Å². The monoisotopic (exact) mass is 408 g/mol. The Morgan fingerprint density at radius 2 is 1.39 bits per heavy atom. The van der Waals surface area contributed by atoms with Crippen molar-refractivity contribution in [1.29, 1.82) is 0 Å². The number of carbonyl (C=O) groups is 2. The zero-order valence-electron chi connectivity index (χ0n) is 17.9. The van der Waals surface area contributed by atoms with Gasteiger partial charge in [0.15, 0.2) is 5.41 Å². The second-order valence-electron chi connectivity index (χ2n) is 9.62. The summed E-state index contributed by atoms with van der Waals surface area (Å²) >= 11 is 0. The molecule has 156 valence electrons. The lowest BCUT2D eigenvalue weighted by Gasteiger charge is -2.32. The molecule has 3 atom stereocenters. The van der Waals surface area contributed by atoms with Gasteiger partial charge in [0, 0.05) is 10.1 Å². The van der Waals surface area contributed by atoms with Crippen molar-refractivity contribution < 1.29 is 23.3 Å². The maximum Gasteiger partial charge on any atom is 0.324 e. The Kier molecular flexibility index (Phi) is 6.44. The average Bonchev–Trinajstić information content (AvgIpc) is 2.91. The first-order valence-electron chi connectivity index (χ1n) is 9.68. The van der Waals surface area contributed by atoms with Crippen LogP contribution < -0.4 is 0 Å². The largest absolute Gasteiger partial charge is 0.459 e. The van der Waals surface area contributed by atoms with Crippen molar-refractivity contribution in [1.82, 2.24) is 0 Å². The Labute approximate surface area is 170 Å². The number of carbonyl (C=O) groups excluding carboxylic acids is 2. The lowest BCUT2D eigenvalue weighted by atomic mass is 9.85. The number of benzene rings is 1. The lowest BCUT2D eigenvalue weighted by molar-refractivity contribution is -0.185. The standard InChI is InChI=1S/C22H32O5S/c1-15-13-22(18(23)26-20(2,3)4,19(24)27-21(5,6)7)14-17(15)28(25)16-11-9-8-10-12-16/h8-12,15,17H,13-14H2,1-7H3/t15-,17-,28?/m1/s1. The van der Waals surface area contributed by atoms with E-state index in [4.69, 9.17) is 9.47 Å². The molecule has 1 saturated carbocycles. The third-order valence-electron chi connectivity index (χ3n) is 4.68. The Balaban J connectivity index is 2.39. The van der Waals surface area contributed by atoms with Gasteiger partial charge < -0.3 is 9.47 Å². The maximum absolute atomic E-state index is 13.2. The summed E-state index contributed by atoms with van der Waals surface area (Å²) in [7, 11) is -1.33. The molecule has 28 heavy (non-hydrogen) atoms. The zero-order chi connectivity index (χ0) is 21.3. The quantitative estimate of drug-likeness (QED) is 0.550. The van der Waals surface area contributed by atoms with Crippen LogP contribution in [0.1, 0.15) is 61.3 Å². The molecule has 5 nitrogen and oxygen atoms in total. The topological polar surface area (TPSA) is 69.7 Å². The fraction of sp³-hybridized carbons (Fsp3) is 0.636. The maximum atomic E-state index is 13.2. The number of rotatable bonds is 4. The summed E-state index contributed by atoms with van der Waals surface area (Å²) in [5.74, 6) is -1.27. The highest BCUT2D eigenvalue weighted by atomic mass is 32.2. The van der Waals surface area contributed by atoms with E-state index in [1.54, 1.807) is 41.5 Å². The van der Waals surface area contributed by atoms with Crippen molar-refractivity contribution in [3.8, 4) is 0 Å². The van der Waals surface area contributed by atoms with Gasteiger partial charge in [-0.1, -0.05) is 25.1 Å². The fourth-order valence-electron chi connectivity index (χ4n) is 3.49. The second-order valence-corrected chi connectivity index (χ2v) is 11.3. The first-order chi connectivity index (χ1) is 12.8. The molecule has 1 aliphatic carbocycles. The smallest absolute Gasteiger partial charge is 0.324 e. The SMILES string of the molecule is C[C@@H]1CC(C(=O)OC(C)(C)C)(C(=O)OC(C)(C)C)C[C@H]1S(=O)c1ccccc1. The molecule has 0 aliphatic heterocycles. The molecule has 1 aromatic carbocycles. The van der Waals surface area contributed by atoms with Crippen LogP contribution in [0.3, 0.4) is 0 Å². The van der Waals surface area contributed by atoms with E-state index in [9.17, 15) is 13.8 Å². The summed E-state index contributed by atoms with van der Waals surface area (Å²) in [6.07, 6.45) is 0.416. The summed E-state index contributed by atoms with van der Waals surface area (Å²) in [4.78, 5) is 27.0. The molecular weight excluding hydrogens is 376 g/mol. The van der Waals surface area contributed by atoms with Gasteiger partial charge in [-0.2, -0.15) is 0 Å². The summed E-state index contributed by atoms with van der Waals surface area (Å²) < 4.78 is 24.4. The highest BCUT2D eigenvalue weighted by molar-refractivity contribution is 7.85. The van der Waals surface area contributed by atoms with Gasteiger partial charge >= 0.3 is 11.9 Å². The van der Waals surface area contributed by atoms with E-state index in [-0.39, 0.29) is 24.0 Å². The Morgan fingerprint density at radius 1 is 0.929 bits per heavy atom. The average molecular weight is 409 g/mol. The van der Waals surface area contributed by atoms with Gasteiger partial charge in [0.05, 0.1) is 10.8 Å². The summed E-state index contributed by atoms with van der Waals surface area (Å²) in [6.45, 7) is 12.5. The summed E-state index contributed by atoms with van der Waals surface area (Å²) in [5, 5.41) is -0.331. The van der Waals surface area contributed by atoms with E-state index in [2.05, 4.69) is 0 Å². The molecule has 1 fully saturated rings. The zero-order valence-corrected chi connectivity index (χ0v) is 18.7. The predicted octanol–water partition coefficient (Wildman–Crippen LogP) is 4.26. The summed E-state index contributed by atoms with van der Waals surface area (Å²) in [5.41, 5.74) is -2.90.